The van der Waals surface area contributed by atoms with E-state index in [0.29, 0.717) is 19.3 Å². The second-order valence-electron chi connectivity index (χ2n) is 8.88. The van der Waals surface area contributed by atoms with Crippen LogP contribution in [-0.2, 0) is 14.3 Å². The second kappa shape index (κ2) is 10.5. The summed E-state index contributed by atoms with van der Waals surface area (Å²) in [5.74, 6) is -1.47. The zero-order valence-electron chi connectivity index (χ0n) is 19.2. The highest BCUT2D eigenvalue weighted by Gasteiger charge is 2.30. The van der Waals surface area contributed by atoms with E-state index in [0.717, 1.165) is 11.1 Å². The molecule has 0 aromatic heterocycles. The van der Waals surface area contributed by atoms with Gasteiger partial charge in [0, 0.05) is 17.9 Å². The van der Waals surface area contributed by atoms with E-state index in [2.05, 4.69) is 34.9 Å². The summed E-state index contributed by atoms with van der Waals surface area (Å²) in [5, 5.41) is 14.7. The normalized spacial score (nSPS) is 19.6. The molecule has 3 N–H and O–H groups in total. The fourth-order valence-corrected chi connectivity index (χ4v) is 4.83. The lowest BCUT2D eigenvalue weighted by atomic mass is 9.90. The monoisotopic (exact) mass is 462 g/mol. The average Bonchev–Trinajstić information content (AvgIpc) is 3.16. The van der Waals surface area contributed by atoms with E-state index in [1.165, 1.54) is 11.1 Å². The predicted molar refractivity (Wildman–Crippen MR) is 128 cm³/mol. The average molecular weight is 463 g/mol. The fraction of sp³-hybridized carbons (Fsp3) is 0.370. The number of rotatable bonds is 8. The SMILES string of the molecule is CCC(CC(=O)O)NC(=O)[C@@H]1CC=C[C@@H](NC(=O)OCC2c3ccccc3-c3ccccc32)C1. The van der Waals surface area contributed by atoms with Crippen molar-refractivity contribution < 1.29 is 24.2 Å². The van der Waals surface area contributed by atoms with Crippen LogP contribution in [-0.4, -0.2) is 41.8 Å². The van der Waals surface area contributed by atoms with Crippen LogP contribution in [0.25, 0.3) is 11.1 Å². The quantitative estimate of drug-likeness (QED) is 0.509. The molecule has 34 heavy (non-hydrogen) atoms. The maximum Gasteiger partial charge on any atom is 0.407 e. The van der Waals surface area contributed by atoms with Crippen molar-refractivity contribution in [3.8, 4) is 11.1 Å². The first-order chi connectivity index (χ1) is 16.5. The first-order valence-electron chi connectivity index (χ1n) is 11.8. The molecule has 0 spiro atoms. The molecule has 0 saturated heterocycles. The van der Waals surface area contributed by atoms with E-state index in [-0.39, 0.29) is 36.8 Å². The maximum atomic E-state index is 12.6. The minimum absolute atomic E-state index is 0.0150. The Kier molecular flexibility index (Phi) is 7.30. The van der Waals surface area contributed by atoms with E-state index in [4.69, 9.17) is 9.84 Å². The van der Waals surface area contributed by atoms with Crippen molar-refractivity contribution in [3.63, 3.8) is 0 Å². The Labute approximate surface area is 199 Å². The molecule has 4 rings (SSSR count). The number of hydrogen-bond donors (Lipinski definition) is 3. The zero-order valence-corrected chi connectivity index (χ0v) is 19.2. The first kappa shape index (κ1) is 23.5. The van der Waals surface area contributed by atoms with E-state index in [9.17, 15) is 14.4 Å². The largest absolute Gasteiger partial charge is 0.481 e. The Morgan fingerprint density at radius 3 is 2.32 bits per heavy atom. The third-order valence-corrected chi connectivity index (χ3v) is 6.61. The minimum Gasteiger partial charge on any atom is -0.481 e. The number of carbonyl (C=O) groups excluding carboxylic acids is 2. The molecule has 0 radical (unpaired) electrons. The van der Waals surface area contributed by atoms with Crippen molar-refractivity contribution in [2.45, 2.75) is 50.6 Å². The number of amides is 2. The summed E-state index contributed by atoms with van der Waals surface area (Å²) < 4.78 is 5.61. The summed E-state index contributed by atoms with van der Waals surface area (Å²) in [6, 6.07) is 15.6. The van der Waals surface area contributed by atoms with Gasteiger partial charge in [-0.3, -0.25) is 9.59 Å². The summed E-state index contributed by atoms with van der Waals surface area (Å²) in [6.45, 7) is 2.07. The Morgan fingerprint density at radius 2 is 1.71 bits per heavy atom. The molecule has 0 bridgehead atoms. The van der Waals surface area contributed by atoms with Gasteiger partial charge in [0.05, 0.1) is 12.5 Å². The first-order valence-corrected chi connectivity index (χ1v) is 11.8. The Morgan fingerprint density at radius 1 is 1.06 bits per heavy atom. The van der Waals surface area contributed by atoms with Crippen LogP contribution in [0.1, 0.15) is 49.7 Å². The van der Waals surface area contributed by atoms with Crippen molar-refractivity contribution in [2.24, 2.45) is 5.92 Å². The lowest BCUT2D eigenvalue weighted by Crippen LogP contribution is -2.44. The van der Waals surface area contributed by atoms with Crippen molar-refractivity contribution in [2.75, 3.05) is 6.61 Å². The molecule has 2 aromatic carbocycles. The van der Waals surface area contributed by atoms with Crippen LogP contribution >= 0.6 is 0 Å². The van der Waals surface area contributed by atoms with Crippen molar-refractivity contribution in [1.29, 1.82) is 0 Å². The van der Waals surface area contributed by atoms with Gasteiger partial charge >= 0.3 is 12.1 Å². The van der Waals surface area contributed by atoms with Crippen LogP contribution < -0.4 is 10.6 Å². The van der Waals surface area contributed by atoms with Crippen LogP contribution in [0, 0.1) is 5.92 Å². The third kappa shape index (κ3) is 5.30. The highest BCUT2D eigenvalue weighted by Crippen LogP contribution is 2.44. The van der Waals surface area contributed by atoms with Gasteiger partial charge in [0.25, 0.3) is 0 Å². The molecule has 2 aromatic rings. The summed E-state index contributed by atoms with van der Waals surface area (Å²) in [6.07, 6.45) is 4.66. The predicted octanol–water partition coefficient (Wildman–Crippen LogP) is 4.23. The molecule has 2 amide bonds. The van der Waals surface area contributed by atoms with Gasteiger partial charge in [-0.2, -0.15) is 0 Å². The van der Waals surface area contributed by atoms with Crippen molar-refractivity contribution in [1.82, 2.24) is 10.6 Å². The Bertz CT molecular complexity index is 1050. The van der Waals surface area contributed by atoms with E-state index >= 15 is 0 Å². The smallest absolute Gasteiger partial charge is 0.407 e. The van der Waals surface area contributed by atoms with Crippen LogP contribution in [0.4, 0.5) is 4.79 Å². The molecule has 0 aliphatic heterocycles. The molecule has 0 saturated carbocycles. The standard InChI is InChI=1S/C27H30N2O5/c1-2-18(15-25(30)31)28-26(32)17-8-7-9-19(14-17)29-27(33)34-16-24-22-12-5-3-10-20(22)21-11-4-6-13-23(21)24/h3-7,9-13,17-19,24H,2,8,14-16H2,1H3,(H,28,32)(H,29,33)(H,30,31)/t17-,18?,19-/m1/s1. The summed E-state index contributed by atoms with van der Waals surface area (Å²) >= 11 is 0. The maximum absolute atomic E-state index is 12.6. The molecule has 0 heterocycles. The molecule has 3 atom stereocenters. The number of alkyl carbamates (subject to hydrolysis) is 1. The highest BCUT2D eigenvalue weighted by atomic mass is 16.5. The van der Waals surface area contributed by atoms with Crippen LogP contribution in [0.2, 0.25) is 0 Å². The summed E-state index contributed by atoms with van der Waals surface area (Å²) in [5.41, 5.74) is 4.64. The molecule has 7 heteroatoms. The number of aliphatic carboxylic acids is 1. The van der Waals surface area contributed by atoms with Crippen molar-refractivity contribution >= 4 is 18.0 Å². The molecular formula is C27H30N2O5. The molecule has 2 aliphatic rings. The highest BCUT2D eigenvalue weighted by molar-refractivity contribution is 5.81. The van der Waals surface area contributed by atoms with Gasteiger partial charge in [-0.1, -0.05) is 67.6 Å². The molecular weight excluding hydrogens is 432 g/mol. The van der Waals surface area contributed by atoms with Gasteiger partial charge in [0.2, 0.25) is 5.91 Å². The molecule has 1 unspecified atom stereocenters. The van der Waals surface area contributed by atoms with Crippen LogP contribution in [0.5, 0.6) is 0 Å². The van der Waals surface area contributed by atoms with Gasteiger partial charge in [0.15, 0.2) is 0 Å². The molecule has 2 aliphatic carbocycles. The summed E-state index contributed by atoms with van der Waals surface area (Å²) in [4.78, 5) is 36.2. The molecule has 0 fully saturated rings. The van der Waals surface area contributed by atoms with Gasteiger partial charge < -0.3 is 20.5 Å². The number of carboxylic acid groups (broad SMARTS) is 1. The number of ether oxygens (including phenoxy) is 1. The number of nitrogens with one attached hydrogen (secondary N) is 2. The fourth-order valence-electron chi connectivity index (χ4n) is 4.83. The Balaban J connectivity index is 1.32. The lowest BCUT2D eigenvalue weighted by Gasteiger charge is -2.26. The number of benzene rings is 2. The van der Waals surface area contributed by atoms with Crippen molar-refractivity contribution in [3.05, 3.63) is 71.8 Å². The van der Waals surface area contributed by atoms with Gasteiger partial charge in [0.1, 0.15) is 6.61 Å². The Hall–Kier alpha value is -3.61. The van der Waals surface area contributed by atoms with Crippen LogP contribution in [0.15, 0.2) is 60.7 Å². The van der Waals surface area contributed by atoms with Gasteiger partial charge in [-0.25, -0.2) is 4.79 Å². The van der Waals surface area contributed by atoms with Crippen LogP contribution in [0.3, 0.4) is 0 Å². The summed E-state index contributed by atoms with van der Waals surface area (Å²) in [7, 11) is 0. The van der Waals surface area contributed by atoms with Gasteiger partial charge in [-0.15, -0.1) is 0 Å². The lowest BCUT2D eigenvalue weighted by molar-refractivity contribution is -0.137. The van der Waals surface area contributed by atoms with E-state index in [1.807, 2.05) is 43.3 Å². The third-order valence-electron chi connectivity index (χ3n) is 6.61. The number of fused-ring (bicyclic) bond motifs is 3. The number of hydrogen-bond acceptors (Lipinski definition) is 4. The number of carboxylic acids is 1. The molecule has 178 valence electrons. The minimum atomic E-state index is -0.939. The number of carbonyl (C=O) groups is 3. The number of allylic oxidation sites excluding steroid dienone is 1. The second-order valence-corrected chi connectivity index (χ2v) is 8.88. The van der Waals surface area contributed by atoms with Gasteiger partial charge in [-0.05, 0) is 41.5 Å². The van der Waals surface area contributed by atoms with E-state index in [1.54, 1.807) is 0 Å². The zero-order chi connectivity index (χ0) is 24.1. The van der Waals surface area contributed by atoms with E-state index < -0.39 is 18.1 Å². The topological polar surface area (TPSA) is 105 Å². The molecule has 7 nitrogen and oxygen atoms in total.